The minimum atomic E-state index is -0.267. The number of rotatable bonds is 4. The van der Waals surface area contributed by atoms with Gasteiger partial charge in [0.05, 0.1) is 0 Å². The quantitative estimate of drug-likeness (QED) is 0.830. The van der Waals surface area contributed by atoms with Gasteiger partial charge in [-0.15, -0.1) is 0 Å². The van der Waals surface area contributed by atoms with E-state index in [2.05, 4.69) is 16.7 Å². The van der Waals surface area contributed by atoms with Crippen LogP contribution in [0.3, 0.4) is 0 Å². The third kappa shape index (κ3) is 3.67. The molecular weight excluding hydrogens is 251 g/mol. The second-order valence-corrected chi connectivity index (χ2v) is 5.26. The predicted octanol–water partition coefficient (Wildman–Crippen LogP) is 3.01. The van der Waals surface area contributed by atoms with Crippen molar-refractivity contribution in [1.29, 1.82) is 0 Å². The minimum Gasteiger partial charge on any atom is -0.301 e. The second kappa shape index (κ2) is 6.50. The molecule has 1 aliphatic heterocycles. The first-order chi connectivity index (χ1) is 8.69. The highest BCUT2D eigenvalue weighted by Gasteiger charge is 2.16. The number of halogens is 2. The van der Waals surface area contributed by atoms with Gasteiger partial charge in [0.25, 0.3) is 0 Å². The Bertz CT molecular complexity index is 389. The van der Waals surface area contributed by atoms with Gasteiger partial charge in [0.1, 0.15) is 5.82 Å². The van der Waals surface area contributed by atoms with Gasteiger partial charge in [-0.2, -0.15) is 0 Å². The van der Waals surface area contributed by atoms with Crippen LogP contribution in [0.5, 0.6) is 0 Å². The Labute approximate surface area is 113 Å². The molecule has 0 N–H and O–H groups in total. The summed E-state index contributed by atoms with van der Waals surface area (Å²) in [4.78, 5) is 4.87. The summed E-state index contributed by atoms with van der Waals surface area (Å²) in [7, 11) is 0. The normalized spacial score (nSPS) is 18.2. The van der Waals surface area contributed by atoms with Gasteiger partial charge in [-0.3, -0.25) is 4.90 Å². The summed E-state index contributed by atoms with van der Waals surface area (Å²) in [5, 5.41) is 0.533. The molecule has 1 aromatic carbocycles. The lowest BCUT2D eigenvalue weighted by Crippen LogP contribution is -2.46. The van der Waals surface area contributed by atoms with Crippen LogP contribution in [0.2, 0.25) is 5.02 Å². The first-order valence-corrected chi connectivity index (χ1v) is 6.95. The Morgan fingerprint density at radius 2 is 1.83 bits per heavy atom. The van der Waals surface area contributed by atoms with Gasteiger partial charge in [-0.05, 0) is 30.7 Å². The molecule has 1 saturated heterocycles. The first kappa shape index (κ1) is 13.8. The maximum atomic E-state index is 13.0. The molecule has 1 aromatic rings. The van der Waals surface area contributed by atoms with Gasteiger partial charge in [0, 0.05) is 37.7 Å². The fourth-order valence-electron chi connectivity index (χ4n) is 2.38. The summed E-state index contributed by atoms with van der Waals surface area (Å²) in [6.07, 6.45) is 1.21. The zero-order valence-electron chi connectivity index (χ0n) is 10.8. The Kier molecular flexibility index (Phi) is 4.98. The highest BCUT2D eigenvalue weighted by molar-refractivity contribution is 6.31. The van der Waals surface area contributed by atoms with E-state index in [-0.39, 0.29) is 5.82 Å². The van der Waals surface area contributed by atoms with Crippen LogP contribution >= 0.6 is 11.6 Å². The van der Waals surface area contributed by atoms with Crippen molar-refractivity contribution in [3.63, 3.8) is 0 Å². The molecule has 0 spiro atoms. The van der Waals surface area contributed by atoms with Crippen LogP contribution in [-0.4, -0.2) is 42.5 Å². The van der Waals surface area contributed by atoms with Gasteiger partial charge in [0.2, 0.25) is 0 Å². The molecule has 18 heavy (non-hydrogen) atoms. The average Bonchev–Trinajstić information content (AvgIpc) is 2.35. The molecule has 1 fully saturated rings. The predicted molar refractivity (Wildman–Crippen MR) is 73.4 cm³/mol. The zero-order chi connectivity index (χ0) is 13.0. The number of piperazine rings is 1. The first-order valence-electron chi connectivity index (χ1n) is 6.57. The summed E-state index contributed by atoms with van der Waals surface area (Å²) in [6.45, 7) is 8.58. The summed E-state index contributed by atoms with van der Waals surface area (Å²) < 4.78 is 13.0. The van der Waals surface area contributed by atoms with Crippen molar-refractivity contribution in [2.24, 2.45) is 0 Å². The maximum Gasteiger partial charge on any atom is 0.124 e. The summed E-state index contributed by atoms with van der Waals surface area (Å²) in [5.41, 5.74) is 1.02. The third-order valence-corrected chi connectivity index (χ3v) is 3.77. The van der Waals surface area contributed by atoms with E-state index in [1.54, 1.807) is 6.07 Å². The molecule has 100 valence electrons. The van der Waals surface area contributed by atoms with E-state index in [0.717, 1.165) is 38.3 Å². The van der Waals surface area contributed by atoms with Gasteiger partial charge < -0.3 is 4.90 Å². The van der Waals surface area contributed by atoms with Crippen LogP contribution < -0.4 is 0 Å². The largest absolute Gasteiger partial charge is 0.301 e. The lowest BCUT2D eigenvalue weighted by atomic mass is 10.2. The van der Waals surface area contributed by atoms with E-state index in [1.165, 1.54) is 25.1 Å². The molecule has 0 radical (unpaired) electrons. The van der Waals surface area contributed by atoms with Crippen molar-refractivity contribution in [1.82, 2.24) is 9.80 Å². The Balaban J connectivity index is 1.87. The molecule has 0 amide bonds. The summed E-state index contributed by atoms with van der Waals surface area (Å²) >= 11 is 6.05. The number of benzene rings is 1. The van der Waals surface area contributed by atoms with Crippen molar-refractivity contribution in [3.05, 3.63) is 34.6 Å². The van der Waals surface area contributed by atoms with Gasteiger partial charge in [-0.25, -0.2) is 4.39 Å². The Morgan fingerprint density at radius 1 is 1.17 bits per heavy atom. The van der Waals surface area contributed by atoms with E-state index in [4.69, 9.17) is 11.6 Å². The molecule has 2 rings (SSSR count). The summed E-state index contributed by atoms with van der Waals surface area (Å²) in [5.74, 6) is -0.267. The smallest absolute Gasteiger partial charge is 0.124 e. The van der Waals surface area contributed by atoms with Crippen LogP contribution in [0.1, 0.15) is 18.9 Å². The maximum absolute atomic E-state index is 13.0. The van der Waals surface area contributed by atoms with Crippen molar-refractivity contribution in [2.75, 3.05) is 32.7 Å². The fourth-order valence-corrected chi connectivity index (χ4v) is 2.61. The SMILES string of the molecule is CCCN1CCN(Cc2ccc(F)cc2Cl)CC1. The molecule has 0 aliphatic carbocycles. The molecule has 0 aromatic heterocycles. The van der Waals surface area contributed by atoms with Crippen molar-refractivity contribution < 1.29 is 4.39 Å². The molecule has 0 unspecified atom stereocenters. The molecule has 2 nitrogen and oxygen atoms in total. The van der Waals surface area contributed by atoms with Crippen LogP contribution in [0, 0.1) is 5.82 Å². The van der Waals surface area contributed by atoms with Crippen molar-refractivity contribution >= 4 is 11.6 Å². The van der Waals surface area contributed by atoms with Crippen molar-refractivity contribution in [2.45, 2.75) is 19.9 Å². The van der Waals surface area contributed by atoms with Gasteiger partial charge in [-0.1, -0.05) is 24.6 Å². The number of hydrogen-bond acceptors (Lipinski definition) is 2. The Morgan fingerprint density at radius 3 is 2.44 bits per heavy atom. The van der Waals surface area contributed by atoms with Crippen LogP contribution in [0.4, 0.5) is 4.39 Å². The molecular formula is C14H20ClFN2. The van der Waals surface area contributed by atoms with Crippen LogP contribution in [0.15, 0.2) is 18.2 Å². The second-order valence-electron chi connectivity index (χ2n) is 4.85. The molecule has 0 bridgehead atoms. The summed E-state index contributed by atoms with van der Waals surface area (Å²) in [6, 6.07) is 4.66. The highest BCUT2D eigenvalue weighted by atomic mass is 35.5. The molecule has 4 heteroatoms. The number of nitrogens with zero attached hydrogens (tertiary/aromatic N) is 2. The zero-order valence-corrected chi connectivity index (χ0v) is 11.6. The van der Waals surface area contributed by atoms with E-state index in [1.807, 2.05) is 0 Å². The molecule has 1 aliphatic rings. The highest BCUT2D eigenvalue weighted by Crippen LogP contribution is 2.19. The van der Waals surface area contributed by atoms with E-state index in [9.17, 15) is 4.39 Å². The molecule has 0 saturated carbocycles. The third-order valence-electron chi connectivity index (χ3n) is 3.41. The van der Waals surface area contributed by atoms with E-state index >= 15 is 0 Å². The van der Waals surface area contributed by atoms with E-state index < -0.39 is 0 Å². The van der Waals surface area contributed by atoms with Crippen LogP contribution in [-0.2, 0) is 6.54 Å². The lowest BCUT2D eigenvalue weighted by Gasteiger charge is -2.34. The Hall–Kier alpha value is -0.640. The minimum absolute atomic E-state index is 0.267. The van der Waals surface area contributed by atoms with Gasteiger partial charge >= 0.3 is 0 Å². The van der Waals surface area contributed by atoms with Crippen molar-refractivity contribution in [3.8, 4) is 0 Å². The van der Waals surface area contributed by atoms with E-state index in [0.29, 0.717) is 5.02 Å². The molecule has 1 heterocycles. The van der Waals surface area contributed by atoms with Gasteiger partial charge in [0.15, 0.2) is 0 Å². The average molecular weight is 271 g/mol. The monoisotopic (exact) mass is 270 g/mol. The molecule has 0 atom stereocenters. The van der Waals surface area contributed by atoms with Crippen LogP contribution in [0.25, 0.3) is 0 Å². The topological polar surface area (TPSA) is 6.48 Å². The standard InChI is InChI=1S/C14H20ClFN2/c1-2-5-17-6-8-18(9-7-17)11-12-3-4-13(16)10-14(12)15/h3-4,10H,2,5-9,11H2,1H3. The lowest BCUT2D eigenvalue weighted by molar-refractivity contribution is 0.127. The fraction of sp³-hybridized carbons (Fsp3) is 0.571. The number of hydrogen-bond donors (Lipinski definition) is 0.